The summed E-state index contributed by atoms with van der Waals surface area (Å²) in [6.45, 7) is 0. The monoisotopic (exact) mass is 236 g/mol. The lowest BCUT2D eigenvalue weighted by molar-refractivity contribution is -0.116. The van der Waals surface area contributed by atoms with Crippen LogP contribution < -0.4 is 10.2 Å². The van der Waals surface area contributed by atoms with E-state index in [9.17, 15) is 9.59 Å². The van der Waals surface area contributed by atoms with Crippen LogP contribution in [-0.4, -0.2) is 24.6 Å². The zero-order valence-electron chi connectivity index (χ0n) is 8.86. The molecule has 1 N–H and O–H groups in total. The third-order valence-electron chi connectivity index (χ3n) is 2.61. The Morgan fingerprint density at radius 1 is 1.56 bits per heavy atom. The van der Waals surface area contributed by atoms with Crippen LogP contribution in [0.4, 0.5) is 11.4 Å². The van der Waals surface area contributed by atoms with Gasteiger partial charge in [-0.25, -0.2) is 0 Å². The van der Waals surface area contributed by atoms with Crippen LogP contribution in [0.2, 0.25) is 0 Å². The molecule has 2 rings (SSSR count). The number of anilines is 2. The van der Waals surface area contributed by atoms with Gasteiger partial charge in [0.1, 0.15) is 0 Å². The first kappa shape index (κ1) is 11.0. The molecule has 0 fully saturated rings. The van der Waals surface area contributed by atoms with Crippen molar-refractivity contribution in [1.82, 2.24) is 0 Å². The summed E-state index contributed by atoms with van der Waals surface area (Å²) in [7, 11) is 1.70. The molecule has 0 aromatic heterocycles. The minimum atomic E-state index is -0.0689. The van der Waals surface area contributed by atoms with Gasteiger partial charge in [-0.15, -0.1) is 0 Å². The summed E-state index contributed by atoms with van der Waals surface area (Å²) >= 11 is 3.94. The fourth-order valence-corrected chi connectivity index (χ4v) is 1.89. The fourth-order valence-electron chi connectivity index (χ4n) is 1.67. The number of rotatable bonds is 2. The molecule has 1 aliphatic heterocycles. The predicted octanol–water partition coefficient (Wildman–Crippen LogP) is 1.07. The van der Waals surface area contributed by atoms with Crippen molar-refractivity contribution in [3.8, 4) is 0 Å². The van der Waals surface area contributed by atoms with E-state index >= 15 is 0 Å². The lowest BCUT2D eigenvalue weighted by atomic mass is 10.1. The zero-order valence-corrected chi connectivity index (χ0v) is 9.75. The van der Waals surface area contributed by atoms with E-state index in [1.54, 1.807) is 7.05 Å². The second kappa shape index (κ2) is 4.17. The average Bonchev–Trinajstić information content (AvgIpc) is 2.65. The molecule has 4 nitrogen and oxygen atoms in total. The van der Waals surface area contributed by atoms with E-state index in [1.807, 2.05) is 18.2 Å². The molecule has 16 heavy (non-hydrogen) atoms. The third kappa shape index (κ3) is 1.90. The van der Waals surface area contributed by atoms with Crippen LogP contribution in [0.3, 0.4) is 0 Å². The van der Waals surface area contributed by atoms with Crippen LogP contribution in [0, 0.1) is 0 Å². The Kier molecular flexibility index (Phi) is 2.87. The highest BCUT2D eigenvalue weighted by Gasteiger charge is 2.19. The van der Waals surface area contributed by atoms with Crippen molar-refractivity contribution in [3.05, 3.63) is 23.8 Å². The Hall–Kier alpha value is -1.49. The summed E-state index contributed by atoms with van der Waals surface area (Å²) in [6, 6.07) is 5.48. The van der Waals surface area contributed by atoms with E-state index in [1.165, 1.54) is 4.90 Å². The maximum absolute atomic E-state index is 11.4. The summed E-state index contributed by atoms with van der Waals surface area (Å²) < 4.78 is 0. The molecule has 1 aromatic carbocycles. The van der Waals surface area contributed by atoms with Crippen LogP contribution in [-0.2, 0) is 16.0 Å². The normalized spacial score (nSPS) is 13.2. The zero-order chi connectivity index (χ0) is 11.7. The topological polar surface area (TPSA) is 49.4 Å². The Bertz CT molecular complexity index is 459. The van der Waals surface area contributed by atoms with Crippen molar-refractivity contribution in [2.75, 3.05) is 23.0 Å². The fraction of sp³-hybridized carbons (Fsp3) is 0.273. The van der Waals surface area contributed by atoms with Crippen molar-refractivity contribution in [2.45, 2.75) is 6.42 Å². The summed E-state index contributed by atoms with van der Waals surface area (Å²) in [6.07, 6.45) is 0.381. The van der Waals surface area contributed by atoms with E-state index in [4.69, 9.17) is 0 Å². The van der Waals surface area contributed by atoms with E-state index in [0.29, 0.717) is 6.42 Å². The first-order valence-corrected chi connectivity index (χ1v) is 5.55. The number of nitrogens with zero attached hydrogens (tertiary/aromatic N) is 1. The van der Waals surface area contributed by atoms with Crippen molar-refractivity contribution < 1.29 is 9.59 Å². The summed E-state index contributed by atoms with van der Waals surface area (Å²) in [5.41, 5.74) is 2.55. The van der Waals surface area contributed by atoms with Gasteiger partial charge in [0.05, 0.1) is 12.2 Å². The largest absolute Gasteiger partial charge is 0.326 e. The number of thiol groups is 1. The first-order valence-electron chi connectivity index (χ1n) is 4.92. The van der Waals surface area contributed by atoms with E-state index in [2.05, 4.69) is 17.9 Å². The number of amides is 2. The average molecular weight is 236 g/mol. The van der Waals surface area contributed by atoms with Crippen molar-refractivity contribution >= 4 is 35.8 Å². The smallest absolute Gasteiger partial charge is 0.236 e. The molecule has 0 radical (unpaired) electrons. The molecule has 5 heteroatoms. The third-order valence-corrected chi connectivity index (χ3v) is 2.88. The Labute approximate surface area is 99.0 Å². The second-order valence-electron chi connectivity index (χ2n) is 3.68. The molecule has 0 unspecified atom stereocenters. The van der Waals surface area contributed by atoms with Gasteiger partial charge in [-0.2, -0.15) is 12.6 Å². The van der Waals surface area contributed by atoms with Gasteiger partial charge in [-0.1, -0.05) is 0 Å². The molecule has 0 saturated carbocycles. The number of fused-ring (bicyclic) bond motifs is 1. The number of nitrogens with one attached hydrogen (secondary N) is 1. The molecule has 1 aromatic rings. The number of benzene rings is 1. The molecule has 1 heterocycles. The van der Waals surface area contributed by atoms with Gasteiger partial charge >= 0.3 is 0 Å². The highest BCUT2D eigenvalue weighted by Crippen LogP contribution is 2.27. The molecule has 84 valence electrons. The molecule has 0 saturated heterocycles. The highest BCUT2D eigenvalue weighted by molar-refractivity contribution is 7.81. The highest BCUT2D eigenvalue weighted by atomic mass is 32.1. The molecule has 1 aliphatic rings. The van der Waals surface area contributed by atoms with Crippen LogP contribution in [0.25, 0.3) is 0 Å². The number of carbonyl (C=O) groups excluding carboxylic acids is 2. The number of carbonyl (C=O) groups is 2. The standard InChI is InChI=1S/C11H12N2O2S/c1-13(11(15)6-16)8-2-3-9-7(4-8)5-10(14)12-9/h2-4,16H,5-6H2,1H3,(H,12,14). The SMILES string of the molecule is CN(C(=O)CS)c1ccc2c(c1)CC(=O)N2. The van der Waals surface area contributed by atoms with Crippen molar-refractivity contribution in [2.24, 2.45) is 0 Å². The van der Waals surface area contributed by atoms with Gasteiger partial charge in [-0.05, 0) is 23.8 Å². The lowest BCUT2D eigenvalue weighted by Gasteiger charge is -2.16. The molecule has 2 amide bonds. The van der Waals surface area contributed by atoms with Crippen LogP contribution >= 0.6 is 12.6 Å². The Morgan fingerprint density at radius 3 is 3.00 bits per heavy atom. The van der Waals surface area contributed by atoms with Gasteiger partial charge in [0.25, 0.3) is 0 Å². The number of hydrogen-bond acceptors (Lipinski definition) is 3. The van der Waals surface area contributed by atoms with Crippen LogP contribution in [0.5, 0.6) is 0 Å². The van der Waals surface area contributed by atoms with Gasteiger partial charge in [-0.3, -0.25) is 9.59 Å². The quantitative estimate of drug-likeness (QED) is 0.755. The summed E-state index contributed by atoms with van der Waals surface area (Å²) in [5.74, 6) is 0.0981. The van der Waals surface area contributed by atoms with E-state index in [-0.39, 0.29) is 17.6 Å². The molecule has 0 bridgehead atoms. The maximum Gasteiger partial charge on any atom is 0.236 e. The molecule has 0 spiro atoms. The molecule has 0 atom stereocenters. The van der Waals surface area contributed by atoms with E-state index in [0.717, 1.165) is 16.9 Å². The minimum Gasteiger partial charge on any atom is -0.326 e. The molecular formula is C11H12N2O2S. The van der Waals surface area contributed by atoms with Crippen molar-refractivity contribution in [3.63, 3.8) is 0 Å². The van der Waals surface area contributed by atoms with Crippen LogP contribution in [0.15, 0.2) is 18.2 Å². The first-order chi connectivity index (χ1) is 7.61. The summed E-state index contributed by atoms with van der Waals surface area (Å²) in [4.78, 5) is 24.1. The minimum absolute atomic E-state index is 0.00433. The second-order valence-corrected chi connectivity index (χ2v) is 3.99. The Balaban J connectivity index is 2.29. The van der Waals surface area contributed by atoms with Gasteiger partial charge < -0.3 is 10.2 Å². The van der Waals surface area contributed by atoms with Gasteiger partial charge in [0.15, 0.2) is 0 Å². The lowest BCUT2D eigenvalue weighted by Crippen LogP contribution is -2.27. The van der Waals surface area contributed by atoms with E-state index < -0.39 is 0 Å². The predicted molar refractivity (Wildman–Crippen MR) is 66.0 cm³/mol. The van der Waals surface area contributed by atoms with Crippen LogP contribution in [0.1, 0.15) is 5.56 Å². The Morgan fingerprint density at radius 2 is 2.31 bits per heavy atom. The summed E-state index contributed by atoms with van der Waals surface area (Å²) in [5, 5.41) is 2.75. The van der Waals surface area contributed by atoms with Gasteiger partial charge in [0.2, 0.25) is 11.8 Å². The molecule has 0 aliphatic carbocycles. The number of hydrogen-bond donors (Lipinski definition) is 2. The van der Waals surface area contributed by atoms with Gasteiger partial charge in [0, 0.05) is 18.4 Å². The molecular weight excluding hydrogens is 224 g/mol. The maximum atomic E-state index is 11.4. The van der Waals surface area contributed by atoms with Crippen molar-refractivity contribution in [1.29, 1.82) is 0 Å².